The molecule has 1 aromatic carbocycles. The molecule has 0 bridgehead atoms. The fraction of sp³-hybridized carbons (Fsp3) is 0.308. The molecule has 2 aromatic rings. The standard InChI is InChI=1S/C13H12FN3O3S/c14-10-4-1-7(5-9(10)11(18)19)6-21-13-16-15-12(20)17(13)8-2-3-8/h1,4-5,8H,2-3,6H2,(H,15,20)(H,18,19). The topological polar surface area (TPSA) is 88.0 Å². The quantitative estimate of drug-likeness (QED) is 0.825. The van der Waals surface area contributed by atoms with Crippen LogP contribution in [0.2, 0.25) is 0 Å². The zero-order valence-electron chi connectivity index (χ0n) is 10.9. The van der Waals surface area contributed by atoms with Gasteiger partial charge in [0.1, 0.15) is 5.82 Å². The van der Waals surface area contributed by atoms with Gasteiger partial charge in [0.25, 0.3) is 0 Å². The van der Waals surface area contributed by atoms with Gasteiger partial charge in [-0.2, -0.15) is 0 Å². The van der Waals surface area contributed by atoms with Crippen molar-refractivity contribution >= 4 is 17.7 Å². The Hall–Kier alpha value is -2.09. The van der Waals surface area contributed by atoms with Gasteiger partial charge in [0.05, 0.1) is 5.56 Å². The lowest BCUT2D eigenvalue weighted by atomic mass is 10.1. The van der Waals surface area contributed by atoms with E-state index >= 15 is 0 Å². The highest BCUT2D eigenvalue weighted by molar-refractivity contribution is 7.98. The van der Waals surface area contributed by atoms with E-state index in [9.17, 15) is 14.0 Å². The van der Waals surface area contributed by atoms with Crippen molar-refractivity contribution in [2.24, 2.45) is 0 Å². The van der Waals surface area contributed by atoms with Gasteiger partial charge in [0, 0.05) is 11.8 Å². The molecule has 1 aromatic heterocycles. The third-order valence-corrected chi connectivity index (χ3v) is 4.24. The molecule has 8 heteroatoms. The Morgan fingerprint density at radius 3 is 2.95 bits per heavy atom. The van der Waals surface area contributed by atoms with Crippen molar-refractivity contribution in [3.8, 4) is 0 Å². The highest BCUT2D eigenvalue weighted by Crippen LogP contribution is 2.36. The largest absolute Gasteiger partial charge is 0.478 e. The van der Waals surface area contributed by atoms with Crippen molar-refractivity contribution < 1.29 is 14.3 Å². The van der Waals surface area contributed by atoms with Crippen LogP contribution in [0, 0.1) is 5.82 Å². The summed E-state index contributed by atoms with van der Waals surface area (Å²) >= 11 is 1.32. The van der Waals surface area contributed by atoms with E-state index in [4.69, 9.17) is 5.11 Å². The van der Waals surface area contributed by atoms with Gasteiger partial charge in [0.2, 0.25) is 0 Å². The Morgan fingerprint density at radius 2 is 2.29 bits per heavy atom. The van der Waals surface area contributed by atoms with Crippen LogP contribution in [-0.4, -0.2) is 25.8 Å². The summed E-state index contributed by atoms with van der Waals surface area (Å²) in [4.78, 5) is 22.5. The molecule has 3 rings (SSSR count). The van der Waals surface area contributed by atoms with Crippen LogP contribution >= 0.6 is 11.8 Å². The average Bonchev–Trinajstić information content (AvgIpc) is 3.21. The maximum Gasteiger partial charge on any atom is 0.344 e. The number of aromatic carboxylic acids is 1. The van der Waals surface area contributed by atoms with Crippen molar-refractivity contribution in [3.05, 3.63) is 45.6 Å². The van der Waals surface area contributed by atoms with E-state index in [1.807, 2.05) is 0 Å². The monoisotopic (exact) mass is 309 g/mol. The van der Waals surface area contributed by atoms with E-state index in [-0.39, 0.29) is 17.3 Å². The third-order valence-electron chi connectivity index (χ3n) is 3.21. The van der Waals surface area contributed by atoms with E-state index in [1.165, 1.54) is 23.9 Å². The van der Waals surface area contributed by atoms with Crippen molar-refractivity contribution in [2.75, 3.05) is 0 Å². The van der Waals surface area contributed by atoms with Gasteiger partial charge in [-0.15, -0.1) is 5.10 Å². The van der Waals surface area contributed by atoms with E-state index in [0.29, 0.717) is 16.5 Å². The van der Waals surface area contributed by atoms with Crippen LogP contribution in [0.5, 0.6) is 0 Å². The number of nitrogens with zero attached hydrogens (tertiary/aromatic N) is 2. The lowest BCUT2D eigenvalue weighted by molar-refractivity contribution is 0.0692. The molecule has 1 aliphatic carbocycles. The van der Waals surface area contributed by atoms with Crippen molar-refractivity contribution in [3.63, 3.8) is 0 Å². The molecule has 0 unspecified atom stereocenters. The summed E-state index contributed by atoms with van der Waals surface area (Å²) in [7, 11) is 0. The Labute approximate surface area is 123 Å². The Bertz CT molecular complexity index is 751. The van der Waals surface area contributed by atoms with Gasteiger partial charge in [-0.3, -0.25) is 4.57 Å². The molecule has 0 aliphatic heterocycles. The van der Waals surface area contributed by atoms with Gasteiger partial charge >= 0.3 is 11.7 Å². The molecule has 0 spiro atoms. The first kappa shape index (κ1) is 13.9. The number of nitrogens with one attached hydrogen (secondary N) is 1. The highest BCUT2D eigenvalue weighted by Gasteiger charge is 2.28. The Kier molecular flexibility index (Phi) is 3.54. The van der Waals surface area contributed by atoms with E-state index in [2.05, 4.69) is 10.2 Å². The van der Waals surface area contributed by atoms with E-state index in [0.717, 1.165) is 18.9 Å². The predicted molar refractivity (Wildman–Crippen MR) is 74.0 cm³/mol. The normalized spacial score (nSPS) is 14.3. The van der Waals surface area contributed by atoms with Crippen molar-refractivity contribution in [2.45, 2.75) is 29.8 Å². The predicted octanol–water partition coefficient (Wildman–Crippen LogP) is 2.04. The number of aromatic amines is 1. The molecule has 0 amide bonds. The second-order valence-corrected chi connectivity index (χ2v) is 5.76. The summed E-state index contributed by atoms with van der Waals surface area (Å²) < 4.78 is 14.9. The molecule has 1 heterocycles. The minimum Gasteiger partial charge on any atom is -0.478 e. The second-order valence-electron chi connectivity index (χ2n) is 4.82. The maximum absolute atomic E-state index is 13.3. The minimum atomic E-state index is -1.30. The number of aromatic nitrogens is 3. The number of H-pyrrole nitrogens is 1. The van der Waals surface area contributed by atoms with Crippen LogP contribution in [-0.2, 0) is 5.75 Å². The fourth-order valence-corrected chi connectivity index (χ4v) is 2.98. The number of hydrogen-bond donors (Lipinski definition) is 2. The smallest absolute Gasteiger partial charge is 0.344 e. The fourth-order valence-electron chi connectivity index (χ4n) is 2.02. The number of carbonyl (C=O) groups is 1. The van der Waals surface area contributed by atoms with Crippen LogP contribution in [0.25, 0.3) is 0 Å². The zero-order chi connectivity index (χ0) is 15.0. The number of rotatable bonds is 5. The molecule has 0 saturated heterocycles. The molecule has 6 nitrogen and oxygen atoms in total. The second kappa shape index (κ2) is 5.36. The Balaban J connectivity index is 1.78. The first-order valence-electron chi connectivity index (χ1n) is 6.37. The molecule has 21 heavy (non-hydrogen) atoms. The average molecular weight is 309 g/mol. The highest BCUT2D eigenvalue weighted by atomic mass is 32.2. The van der Waals surface area contributed by atoms with Crippen LogP contribution < -0.4 is 5.69 Å². The first-order chi connectivity index (χ1) is 10.1. The summed E-state index contributed by atoms with van der Waals surface area (Å²) in [5.41, 5.74) is 0.0802. The molecule has 1 aliphatic rings. The zero-order valence-corrected chi connectivity index (χ0v) is 11.7. The van der Waals surface area contributed by atoms with Gasteiger partial charge in [-0.05, 0) is 30.5 Å². The molecule has 1 fully saturated rings. The lowest BCUT2D eigenvalue weighted by Crippen LogP contribution is -2.16. The third kappa shape index (κ3) is 2.85. The van der Waals surface area contributed by atoms with Gasteiger partial charge < -0.3 is 5.11 Å². The van der Waals surface area contributed by atoms with Crippen LogP contribution in [0.3, 0.4) is 0 Å². The van der Waals surface area contributed by atoms with Gasteiger partial charge in [-0.1, -0.05) is 17.8 Å². The molecule has 1 saturated carbocycles. The summed E-state index contributed by atoms with van der Waals surface area (Å²) in [6.07, 6.45) is 1.93. The summed E-state index contributed by atoms with van der Waals surface area (Å²) in [6, 6.07) is 4.18. The number of carboxylic acids is 1. The van der Waals surface area contributed by atoms with Gasteiger partial charge in [0.15, 0.2) is 5.16 Å². The van der Waals surface area contributed by atoms with E-state index < -0.39 is 11.8 Å². The molecule has 0 atom stereocenters. The van der Waals surface area contributed by atoms with Crippen LogP contribution in [0.15, 0.2) is 28.2 Å². The Morgan fingerprint density at radius 1 is 1.52 bits per heavy atom. The van der Waals surface area contributed by atoms with Gasteiger partial charge in [-0.25, -0.2) is 19.1 Å². The summed E-state index contributed by atoms with van der Waals surface area (Å²) in [5, 5.41) is 15.8. The number of benzene rings is 1. The number of halogens is 1. The summed E-state index contributed by atoms with van der Waals surface area (Å²) in [5.74, 6) is -1.64. The molecular formula is C13H12FN3O3S. The SMILES string of the molecule is O=C(O)c1cc(CSc2n[nH]c(=O)n2C2CC2)ccc1F. The maximum atomic E-state index is 13.3. The number of carboxylic acid groups (broad SMARTS) is 1. The number of hydrogen-bond acceptors (Lipinski definition) is 4. The molecule has 2 N–H and O–H groups in total. The van der Waals surface area contributed by atoms with Crippen molar-refractivity contribution in [1.82, 2.24) is 14.8 Å². The molecule has 110 valence electrons. The van der Waals surface area contributed by atoms with E-state index in [1.54, 1.807) is 4.57 Å². The van der Waals surface area contributed by atoms with Crippen molar-refractivity contribution in [1.29, 1.82) is 0 Å². The summed E-state index contributed by atoms with van der Waals surface area (Å²) in [6.45, 7) is 0. The van der Waals surface area contributed by atoms with Crippen LogP contribution in [0.1, 0.15) is 34.8 Å². The lowest BCUT2D eigenvalue weighted by Gasteiger charge is -2.05. The van der Waals surface area contributed by atoms with Crippen LogP contribution in [0.4, 0.5) is 4.39 Å². The first-order valence-corrected chi connectivity index (χ1v) is 7.36. The molecule has 0 radical (unpaired) electrons. The molecular weight excluding hydrogens is 297 g/mol. The number of thioether (sulfide) groups is 1. The minimum absolute atomic E-state index is 0.210.